The first kappa shape index (κ1) is 27.4. The van der Waals surface area contributed by atoms with Crippen molar-refractivity contribution in [2.45, 2.75) is 85.7 Å². The minimum Gasteiger partial charge on any atom is -0.507 e. The maximum Gasteiger partial charge on any atom is 0.157 e. The highest BCUT2D eigenvalue weighted by Crippen LogP contribution is 2.82. The van der Waals surface area contributed by atoms with E-state index in [1.165, 1.54) is 6.92 Å². The quantitative estimate of drug-likeness (QED) is 0.296. The van der Waals surface area contributed by atoms with Gasteiger partial charge in [-0.05, 0) is 61.2 Å². The second kappa shape index (κ2) is 8.42. The van der Waals surface area contributed by atoms with Crippen LogP contribution in [0.3, 0.4) is 0 Å². The van der Waals surface area contributed by atoms with Gasteiger partial charge in [0.15, 0.2) is 12.6 Å². The van der Waals surface area contributed by atoms with Gasteiger partial charge in [0.1, 0.15) is 23.0 Å². The van der Waals surface area contributed by atoms with Gasteiger partial charge in [0.05, 0.1) is 22.6 Å². The zero-order chi connectivity index (χ0) is 27.9. The summed E-state index contributed by atoms with van der Waals surface area (Å²) in [6, 6.07) is 0. The normalized spacial score (nSPS) is 36.9. The number of allylic oxidation sites excluding steroid dienone is 1. The highest BCUT2D eigenvalue weighted by Gasteiger charge is 2.80. The molecular formula is C30H40O7. The Labute approximate surface area is 218 Å². The van der Waals surface area contributed by atoms with E-state index in [-0.39, 0.29) is 48.1 Å². The Bertz CT molecular complexity index is 1180. The van der Waals surface area contributed by atoms with Crippen LogP contribution in [-0.4, -0.2) is 44.9 Å². The van der Waals surface area contributed by atoms with E-state index in [2.05, 4.69) is 13.8 Å². The molecule has 7 heteroatoms. The maximum absolute atomic E-state index is 13.5. The summed E-state index contributed by atoms with van der Waals surface area (Å²) in [5.74, 6) is -1.73. The van der Waals surface area contributed by atoms with E-state index in [0.717, 1.165) is 12.0 Å². The molecule has 2 fully saturated rings. The van der Waals surface area contributed by atoms with Crippen molar-refractivity contribution in [3.8, 4) is 17.2 Å². The van der Waals surface area contributed by atoms with E-state index in [9.17, 15) is 34.8 Å². The number of carbonyl (C=O) groups is 3. The predicted octanol–water partition coefficient (Wildman–Crippen LogP) is 5.07. The number of aldehydes is 2. The van der Waals surface area contributed by atoms with Crippen LogP contribution in [0.5, 0.6) is 17.2 Å². The summed E-state index contributed by atoms with van der Waals surface area (Å²) in [5, 5.41) is 44.9. The number of hydrogen-bond acceptors (Lipinski definition) is 7. The lowest BCUT2D eigenvalue weighted by atomic mass is 9.46. The number of carbonyl (C=O) groups excluding carboxylic acids is 3. The number of phenols is 3. The van der Waals surface area contributed by atoms with Gasteiger partial charge in [-0.25, -0.2) is 0 Å². The number of fused-ring (bicyclic) bond motifs is 1. The molecular weight excluding hydrogens is 472 g/mol. The molecule has 0 amide bonds. The fraction of sp³-hybridized carbons (Fsp3) is 0.633. The number of phenolic OH excluding ortho intramolecular Hbond substituents is 3. The molecule has 0 aromatic heterocycles. The van der Waals surface area contributed by atoms with Crippen LogP contribution >= 0.6 is 0 Å². The molecule has 0 aliphatic heterocycles. The monoisotopic (exact) mass is 512 g/mol. The Morgan fingerprint density at radius 1 is 0.946 bits per heavy atom. The number of aliphatic hydroxyl groups excluding tert-OH is 1. The minimum atomic E-state index is -1.15. The summed E-state index contributed by atoms with van der Waals surface area (Å²) in [7, 11) is 0. The summed E-state index contributed by atoms with van der Waals surface area (Å²) in [6.45, 7) is 13.8. The smallest absolute Gasteiger partial charge is 0.157 e. The van der Waals surface area contributed by atoms with Gasteiger partial charge in [-0.15, -0.1) is 0 Å². The van der Waals surface area contributed by atoms with Gasteiger partial charge in [0.2, 0.25) is 0 Å². The van der Waals surface area contributed by atoms with Crippen molar-refractivity contribution in [3.05, 3.63) is 28.3 Å². The summed E-state index contributed by atoms with van der Waals surface area (Å²) in [6.07, 6.45) is 3.71. The summed E-state index contributed by atoms with van der Waals surface area (Å²) in [5.41, 5.74) is -3.38. The third-order valence-electron chi connectivity index (χ3n) is 10.9. The molecule has 3 aliphatic rings. The van der Waals surface area contributed by atoms with Crippen LogP contribution in [0.2, 0.25) is 0 Å². The minimum absolute atomic E-state index is 0.0575. The van der Waals surface area contributed by atoms with Crippen LogP contribution in [0.4, 0.5) is 0 Å². The van der Waals surface area contributed by atoms with E-state index in [1.807, 2.05) is 33.8 Å². The lowest BCUT2D eigenvalue weighted by Gasteiger charge is -2.56. The lowest BCUT2D eigenvalue weighted by Crippen LogP contribution is -2.55. The first-order chi connectivity index (χ1) is 17.1. The first-order valence-electron chi connectivity index (χ1n) is 13.2. The average Bonchev–Trinajstić information content (AvgIpc) is 3.52. The molecule has 1 aromatic rings. The number of aliphatic hydroxyl groups is 1. The third kappa shape index (κ3) is 3.06. The van der Waals surface area contributed by atoms with E-state index in [0.29, 0.717) is 12.8 Å². The Kier molecular flexibility index (Phi) is 6.23. The zero-order valence-electron chi connectivity index (χ0n) is 22.9. The van der Waals surface area contributed by atoms with E-state index < -0.39 is 56.1 Å². The fourth-order valence-corrected chi connectivity index (χ4v) is 8.64. The Morgan fingerprint density at radius 2 is 1.49 bits per heavy atom. The van der Waals surface area contributed by atoms with Gasteiger partial charge in [-0.2, -0.15) is 0 Å². The Balaban J connectivity index is 2.10. The first-order valence-corrected chi connectivity index (χ1v) is 13.2. The number of rotatable bonds is 7. The number of aromatic hydroxyl groups is 3. The highest BCUT2D eigenvalue weighted by atomic mass is 16.3. The molecule has 3 unspecified atom stereocenters. The fourth-order valence-electron chi connectivity index (χ4n) is 8.64. The number of benzene rings is 1. The van der Waals surface area contributed by atoms with E-state index in [4.69, 9.17) is 0 Å². The summed E-state index contributed by atoms with van der Waals surface area (Å²) >= 11 is 0. The summed E-state index contributed by atoms with van der Waals surface area (Å²) in [4.78, 5) is 37.4. The van der Waals surface area contributed by atoms with Crippen molar-refractivity contribution in [2.75, 3.05) is 0 Å². The van der Waals surface area contributed by atoms with Gasteiger partial charge in [0, 0.05) is 11.0 Å². The van der Waals surface area contributed by atoms with Crippen molar-refractivity contribution in [3.63, 3.8) is 0 Å². The average molecular weight is 513 g/mol. The van der Waals surface area contributed by atoms with Crippen LogP contribution in [0.25, 0.3) is 0 Å². The SMILES string of the molecule is CC(=O)[C@@]12C=C(C(C)C)CC[C@@]1(C)C(C)(C1(c3c(O)c(C=O)c(O)c(C=O)c3O)CC1C(C)C)C[C@H]2O. The molecule has 0 heterocycles. The Morgan fingerprint density at radius 3 is 1.89 bits per heavy atom. The van der Waals surface area contributed by atoms with E-state index in [1.54, 1.807) is 0 Å². The number of ketones is 1. The molecule has 0 radical (unpaired) electrons. The third-order valence-corrected chi connectivity index (χ3v) is 10.9. The molecule has 1 aromatic carbocycles. The van der Waals surface area contributed by atoms with Gasteiger partial charge < -0.3 is 20.4 Å². The van der Waals surface area contributed by atoms with Crippen molar-refractivity contribution in [1.29, 1.82) is 0 Å². The van der Waals surface area contributed by atoms with E-state index >= 15 is 0 Å². The lowest BCUT2D eigenvalue weighted by molar-refractivity contribution is -0.139. The molecule has 7 nitrogen and oxygen atoms in total. The van der Waals surface area contributed by atoms with Gasteiger partial charge in [0.25, 0.3) is 0 Å². The molecule has 4 rings (SSSR count). The molecule has 37 heavy (non-hydrogen) atoms. The molecule has 0 saturated heterocycles. The van der Waals surface area contributed by atoms with Gasteiger partial charge in [-0.1, -0.05) is 53.2 Å². The van der Waals surface area contributed by atoms with Crippen LogP contribution < -0.4 is 0 Å². The molecule has 0 spiro atoms. The molecule has 202 valence electrons. The maximum atomic E-state index is 13.5. The Hall–Kier alpha value is -2.67. The van der Waals surface area contributed by atoms with Crippen molar-refractivity contribution in [2.24, 2.45) is 34.0 Å². The van der Waals surface area contributed by atoms with Crippen molar-refractivity contribution < 1.29 is 34.8 Å². The topological polar surface area (TPSA) is 132 Å². The molecule has 2 saturated carbocycles. The second-order valence-corrected chi connectivity index (χ2v) is 12.7. The van der Waals surface area contributed by atoms with Crippen LogP contribution in [-0.2, 0) is 10.2 Å². The predicted molar refractivity (Wildman–Crippen MR) is 139 cm³/mol. The molecule has 4 N–H and O–H groups in total. The molecule has 6 atom stereocenters. The summed E-state index contributed by atoms with van der Waals surface area (Å²) < 4.78 is 0. The van der Waals surface area contributed by atoms with Gasteiger partial charge in [-0.3, -0.25) is 14.4 Å². The standard InChI is InChI=1S/C30H40O7/c1-15(2)18-8-9-27(6)28(7,12-22(34)29(27,10-18)17(5)33)30(11-21(30)16(3)4)23-25(36)19(13-31)24(35)20(14-32)26(23)37/h10,13-16,21-22,34-37H,8-9,11-12H2,1-7H3/t21?,22-,27+,28?,29-,30?/m1/s1. The number of hydrogen-bond donors (Lipinski definition) is 4. The highest BCUT2D eigenvalue weighted by molar-refractivity contribution is 5.95. The van der Waals surface area contributed by atoms with Crippen LogP contribution in [0.15, 0.2) is 11.6 Å². The molecule has 0 bridgehead atoms. The van der Waals surface area contributed by atoms with Crippen LogP contribution in [0, 0.1) is 34.0 Å². The van der Waals surface area contributed by atoms with Gasteiger partial charge >= 0.3 is 0 Å². The van der Waals surface area contributed by atoms with Crippen LogP contribution in [0.1, 0.15) is 100 Å². The number of Topliss-reactive ketones (excluding diaryl/α,β-unsaturated/α-hetero) is 1. The molecule has 3 aliphatic carbocycles. The van der Waals surface area contributed by atoms with Crippen molar-refractivity contribution >= 4 is 18.4 Å². The van der Waals surface area contributed by atoms with Crippen molar-refractivity contribution in [1.82, 2.24) is 0 Å². The largest absolute Gasteiger partial charge is 0.507 e. The zero-order valence-corrected chi connectivity index (χ0v) is 22.9. The second-order valence-electron chi connectivity index (χ2n) is 12.7.